The highest BCUT2D eigenvalue weighted by Gasteiger charge is 2.63. The number of hydrogen-bond acceptors (Lipinski definition) is 4. The zero-order valence-electron chi connectivity index (χ0n) is 15.0. The standard InChI is InChI=1S/C20H29N3O2/c1-11-15-5-14(9-21)23(16(11)15)18(24)17(22)19-3-2-12-4-13(6-19)8-20(25,7-12)10-19/h11-17,25H,2-8,10,22H2,1H3. The summed E-state index contributed by atoms with van der Waals surface area (Å²) in [6.45, 7) is 2.17. The van der Waals surface area contributed by atoms with Crippen LogP contribution in [0.2, 0.25) is 0 Å². The van der Waals surface area contributed by atoms with Crippen LogP contribution >= 0.6 is 0 Å². The van der Waals surface area contributed by atoms with E-state index in [1.54, 1.807) is 0 Å². The van der Waals surface area contributed by atoms with Crippen LogP contribution < -0.4 is 5.73 Å². The van der Waals surface area contributed by atoms with Gasteiger partial charge in [0.1, 0.15) is 6.04 Å². The molecule has 5 aliphatic carbocycles. The van der Waals surface area contributed by atoms with Crippen molar-refractivity contribution in [2.75, 3.05) is 0 Å². The van der Waals surface area contributed by atoms with E-state index in [0.29, 0.717) is 30.1 Å². The molecule has 4 bridgehead atoms. The molecule has 1 heterocycles. The Morgan fingerprint density at radius 1 is 1.32 bits per heavy atom. The molecule has 1 saturated heterocycles. The van der Waals surface area contributed by atoms with E-state index in [1.165, 1.54) is 6.42 Å². The van der Waals surface area contributed by atoms with Crippen molar-refractivity contribution in [3.8, 4) is 6.07 Å². The molecule has 9 unspecified atom stereocenters. The van der Waals surface area contributed by atoms with Crippen molar-refractivity contribution in [3.05, 3.63) is 0 Å². The van der Waals surface area contributed by atoms with Gasteiger partial charge in [-0.05, 0) is 80.5 Å². The molecule has 0 aromatic rings. The minimum absolute atomic E-state index is 0.0215. The number of carbonyl (C=O) groups excluding carboxylic acids is 1. The number of rotatable bonds is 2. The molecule has 136 valence electrons. The molecule has 3 N–H and O–H groups in total. The monoisotopic (exact) mass is 343 g/mol. The second kappa shape index (κ2) is 4.98. The molecule has 5 saturated carbocycles. The van der Waals surface area contributed by atoms with Gasteiger partial charge in [0.25, 0.3) is 0 Å². The van der Waals surface area contributed by atoms with E-state index in [4.69, 9.17) is 5.73 Å². The third-order valence-corrected chi connectivity index (χ3v) is 8.42. The first-order valence-corrected chi connectivity index (χ1v) is 10.1. The van der Waals surface area contributed by atoms with Crippen LogP contribution in [0.5, 0.6) is 0 Å². The quantitative estimate of drug-likeness (QED) is 0.800. The van der Waals surface area contributed by atoms with Crippen LogP contribution in [0.15, 0.2) is 0 Å². The molecule has 0 radical (unpaired) electrons. The first kappa shape index (κ1) is 16.1. The first-order chi connectivity index (χ1) is 11.9. The fraction of sp³-hybridized carbons (Fsp3) is 0.900. The fourth-order valence-corrected chi connectivity index (χ4v) is 7.45. The Morgan fingerprint density at radius 3 is 2.80 bits per heavy atom. The zero-order valence-corrected chi connectivity index (χ0v) is 15.0. The highest BCUT2D eigenvalue weighted by atomic mass is 16.3. The molecular formula is C20H29N3O2. The van der Waals surface area contributed by atoms with E-state index >= 15 is 0 Å². The Morgan fingerprint density at radius 2 is 2.08 bits per heavy atom. The number of likely N-dealkylation sites (tertiary alicyclic amines) is 1. The van der Waals surface area contributed by atoms with E-state index < -0.39 is 11.6 Å². The summed E-state index contributed by atoms with van der Waals surface area (Å²) in [5.41, 5.74) is 5.77. The van der Waals surface area contributed by atoms with Gasteiger partial charge in [-0.15, -0.1) is 0 Å². The van der Waals surface area contributed by atoms with E-state index in [1.807, 2.05) is 4.90 Å². The van der Waals surface area contributed by atoms with Crippen LogP contribution in [0.25, 0.3) is 0 Å². The summed E-state index contributed by atoms with van der Waals surface area (Å²) in [5.74, 6) is 2.08. The van der Waals surface area contributed by atoms with Gasteiger partial charge in [-0.1, -0.05) is 6.92 Å². The van der Waals surface area contributed by atoms with E-state index in [2.05, 4.69) is 13.0 Å². The smallest absolute Gasteiger partial charge is 0.241 e. The summed E-state index contributed by atoms with van der Waals surface area (Å²) in [4.78, 5) is 15.2. The molecule has 0 spiro atoms. The lowest BCUT2D eigenvalue weighted by Crippen LogP contribution is -2.59. The Kier molecular flexibility index (Phi) is 3.21. The van der Waals surface area contributed by atoms with Gasteiger partial charge in [-0.3, -0.25) is 4.79 Å². The van der Waals surface area contributed by atoms with Gasteiger partial charge in [0, 0.05) is 6.04 Å². The van der Waals surface area contributed by atoms with Crippen LogP contribution in [0.3, 0.4) is 0 Å². The van der Waals surface area contributed by atoms with Crippen molar-refractivity contribution >= 4 is 5.91 Å². The Labute approximate surface area is 149 Å². The summed E-state index contributed by atoms with van der Waals surface area (Å²) in [5, 5.41) is 20.6. The van der Waals surface area contributed by atoms with Gasteiger partial charge in [0.2, 0.25) is 5.91 Å². The Hall–Kier alpha value is -1.12. The summed E-state index contributed by atoms with van der Waals surface area (Å²) < 4.78 is 0. The summed E-state index contributed by atoms with van der Waals surface area (Å²) in [6.07, 6.45) is 7.47. The van der Waals surface area contributed by atoms with Crippen LogP contribution in [0.4, 0.5) is 0 Å². The van der Waals surface area contributed by atoms with Crippen LogP contribution in [-0.2, 0) is 4.79 Å². The van der Waals surface area contributed by atoms with Crippen molar-refractivity contribution < 1.29 is 9.90 Å². The summed E-state index contributed by atoms with van der Waals surface area (Å²) in [7, 11) is 0. The van der Waals surface area contributed by atoms with Crippen LogP contribution in [-0.4, -0.2) is 39.6 Å². The number of nitrogens with zero attached hydrogens (tertiary/aromatic N) is 2. The Balaban J connectivity index is 1.44. The summed E-state index contributed by atoms with van der Waals surface area (Å²) in [6, 6.07) is 1.68. The number of amides is 1. The first-order valence-electron chi connectivity index (χ1n) is 10.1. The molecule has 6 aliphatic rings. The average molecular weight is 343 g/mol. The molecule has 1 amide bonds. The van der Waals surface area contributed by atoms with E-state index in [0.717, 1.165) is 38.5 Å². The second-order valence-electron chi connectivity index (χ2n) is 10.00. The van der Waals surface area contributed by atoms with Gasteiger partial charge in [0.05, 0.1) is 17.7 Å². The number of carbonyl (C=O) groups is 1. The van der Waals surface area contributed by atoms with Gasteiger partial charge in [-0.25, -0.2) is 0 Å². The molecule has 6 fully saturated rings. The maximum atomic E-state index is 13.4. The fourth-order valence-electron chi connectivity index (χ4n) is 7.45. The number of nitriles is 1. The van der Waals surface area contributed by atoms with Crippen LogP contribution in [0, 0.1) is 40.4 Å². The lowest BCUT2D eigenvalue weighted by atomic mass is 9.57. The maximum Gasteiger partial charge on any atom is 0.241 e. The summed E-state index contributed by atoms with van der Waals surface area (Å²) >= 11 is 0. The average Bonchev–Trinajstić information content (AvgIpc) is 3.07. The molecule has 6 rings (SSSR count). The lowest BCUT2D eigenvalue weighted by molar-refractivity contribution is -0.144. The van der Waals surface area contributed by atoms with Crippen molar-refractivity contribution in [2.45, 2.75) is 82.0 Å². The maximum absolute atomic E-state index is 13.4. The highest BCUT2D eigenvalue weighted by molar-refractivity contribution is 5.84. The van der Waals surface area contributed by atoms with E-state index in [-0.39, 0.29) is 23.4 Å². The molecule has 1 aliphatic heterocycles. The third-order valence-electron chi connectivity index (χ3n) is 8.42. The van der Waals surface area contributed by atoms with Crippen molar-refractivity contribution in [1.29, 1.82) is 5.26 Å². The zero-order chi connectivity index (χ0) is 17.6. The Bertz CT molecular complexity index is 660. The third kappa shape index (κ3) is 2.16. The molecule has 5 heteroatoms. The number of nitrogens with two attached hydrogens (primary N) is 1. The topological polar surface area (TPSA) is 90.4 Å². The second-order valence-corrected chi connectivity index (χ2v) is 10.00. The van der Waals surface area contributed by atoms with Gasteiger partial charge in [0.15, 0.2) is 0 Å². The molecular weight excluding hydrogens is 314 g/mol. The van der Waals surface area contributed by atoms with Gasteiger partial charge in [-0.2, -0.15) is 5.26 Å². The van der Waals surface area contributed by atoms with Crippen molar-refractivity contribution in [3.63, 3.8) is 0 Å². The predicted octanol–water partition coefficient (Wildman–Crippen LogP) is 1.79. The minimum Gasteiger partial charge on any atom is -0.390 e. The van der Waals surface area contributed by atoms with Crippen molar-refractivity contribution in [2.24, 2.45) is 34.8 Å². The molecule has 25 heavy (non-hydrogen) atoms. The largest absolute Gasteiger partial charge is 0.390 e. The predicted molar refractivity (Wildman–Crippen MR) is 92.0 cm³/mol. The van der Waals surface area contributed by atoms with Gasteiger partial charge >= 0.3 is 0 Å². The molecule has 5 nitrogen and oxygen atoms in total. The highest BCUT2D eigenvalue weighted by Crippen LogP contribution is 2.60. The minimum atomic E-state index is -0.616. The number of aliphatic hydroxyl groups is 1. The van der Waals surface area contributed by atoms with Crippen molar-refractivity contribution in [1.82, 2.24) is 4.90 Å². The van der Waals surface area contributed by atoms with E-state index in [9.17, 15) is 15.2 Å². The van der Waals surface area contributed by atoms with Crippen LogP contribution in [0.1, 0.15) is 58.3 Å². The lowest BCUT2D eigenvalue weighted by Gasteiger charge is -2.52. The molecule has 9 atom stereocenters. The number of fused-ring (bicyclic) bond motifs is 2. The molecule has 0 aromatic carbocycles. The number of hydrogen-bond donors (Lipinski definition) is 2. The molecule has 0 aromatic heterocycles. The van der Waals surface area contributed by atoms with Gasteiger partial charge < -0.3 is 15.7 Å². The normalized spacial score (nSPS) is 53.9. The SMILES string of the molecule is CC1C2CC(C#N)N(C(=O)C(N)C34CCC5CC(CC(O)(C5)C3)C4)C12. The number of piperidine rings is 1.